The fraction of sp³-hybridized carbons (Fsp3) is 0.190. The van der Waals surface area contributed by atoms with E-state index in [1.165, 1.54) is 41.7 Å². The smallest absolute Gasteiger partial charge is 0.293 e. The van der Waals surface area contributed by atoms with Crippen LogP contribution in [0.3, 0.4) is 0 Å². The lowest BCUT2D eigenvalue weighted by molar-refractivity contribution is -0.124. The van der Waals surface area contributed by atoms with Gasteiger partial charge >= 0.3 is 0 Å². The van der Waals surface area contributed by atoms with Gasteiger partial charge in [-0.05, 0) is 47.0 Å². The minimum Gasteiger partial charge on any atom is -0.354 e. The first-order chi connectivity index (χ1) is 15.5. The average molecular weight is 473 g/mol. The maximum absolute atomic E-state index is 13.0. The Bertz CT molecular complexity index is 1160. The van der Waals surface area contributed by atoms with Gasteiger partial charge in [-0.15, -0.1) is 11.3 Å². The van der Waals surface area contributed by atoms with Gasteiger partial charge in [-0.25, -0.2) is 4.39 Å². The van der Waals surface area contributed by atoms with Crippen molar-refractivity contribution in [2.24, 2.45) is 0 Å². The normalized spacial score (nSPS) is 15.0. The highest BCUT2D eigenvalue weighted by Gasteiger charge is 2.34. The van der Waals surface area contributed by atoms with Gasteiger partial charge in [-0.1, -0.05) is 23.4 Å². The summed E-state index contributed by atoms with van der Waals surface area (Å²) in [7, 11) is 0. The van der Waals surface area contributed by atoms with E-state index in [-0.39, 0.29) is 42.6 Å². The topological polar surface area (TPSA) is 105 Å². The van der Waals surface area contributed by atoms with Crippen LogP contribution in [-0.2, 0) is 16.0 Å². The fourth-order valence-corrected chi connectivity index (χ4v) is 4.40. The Labute approximate surface area is 190 Å². The minimum atomic E-state index is -0.439. The van der Waals surface area contributed by atoms with Gasteiger partial charge in [0.25, 0.3) is 11.1 Å². The summed E-state index contributed by atoms with van der Waals surface area (Å²) in [5.41, 5.74) is 0.619. The van der Waals surface area contributed by atoms with Crippen LogP contribution in [-0.4, -0.2) is 45.2 Å². The van der Waals surface area contributed by atoms with Crippen molar-refractivity contribution < 1.29 is 23.3 Å². The molecule has 1 fully saturated rings. The maximum atomic E-state index is 13.0. The molecule has 0 bridgehead atoms. The van der Waals surface area contributed by atoms with Gasteiger partial charge in [-0.2, -0.15) is 4.98 Å². The van der Waals surface area contributed by atoms with Crippen molar-refractivity contribution in [1.29, 1.82) is 0 Å². The summed E-state index contributed by atoms with van der Waals surface area (Å²) in [6, 6.07) is 9.38. The van der Waals surface area contributed by atoms with Crippen LogP contribution < -0.4 is 5.32 Å². The Kier molecular flexibility index (Phi) is 6.76. The Morgan fingerprint density at radius 2 is 2.03 bits per heavy atom. The summed E-state index contributed by atoms with van der Waals surface area (Å²) < 4.78 is 18.2. The number of aryl methyl sites for hydroxylation is 1. The number of nitrogens with one attached hydrogen (secondary N) is 1. The molecule has 3 heterocycles. The largest absolute Gasteiger partial charge is 0.354 e. The van der Waals surface area contributed by atoms with Crippen molar-refractivity contribution in [3.05, 3.63) is 64.0 Å². The number of carbonyl (C=O) groups is 3. The number of benzene rings is 1. The molecule has 4 rings (SSSR count). The molecule has 11 heteroatoms. The number of thiophene rings is 1. The standard InChI is InChI=1S/C21H17FN4O4S2/c22-14-5-3-13(4-6-14)12-16-20(28)26(21(29)32-16)10-9-23-17(27)7-8-18-24-19(25-30-18)15-2-1-11-31-15/h1-6,11-12H,7-10H2,(H,23,27)/b16-12-. The lowest BCUT2D eigenvalue weighted by atomic mass is 10.2. The average Bonchev–Trinajstić information content (AvgIpc) is 3.51. The number of nitrogens with zero attached hydrogens (tertiary/aromatic N) is 3. The monoisotopic (exact) mass is 472 g/mol. The molecule has 0 atom stereocenters. The number of amides is 3. The quantitative estimate of drug-likeness (QED) is 0.498. The number of hydrogen-bond acceptors (Lipinski definition) is 8. The van der Waals surface area contributed by atoms with E-state index in [4.69, 9.17) is 4.52 Å². The van der Waals surface area contributed by atoms with Gasteiger partial charge in [-0.3, -0.25) is 19.3 Å². The highest BCUT2D eigenvalue weighted by Crippen LogP contribution is 2.31. The van der Waals surface area contributed by atoms with Crippen molar-refractivity contribution in [3.63, 3.8) is 0 Å². The van der Waals surface area contributed by atoms with Crippen LogP contribution in [0, 0.1) is 5.82 Å². The van der Waals surface area contributed by atoms with Crippen LogP contribution in [0.15, 0.2) is 51.2 Å². The SMILES string of the molecule is O=C(CCc1nc(-c2cccs2)no1)NCCN1C(=O)S/C(=C\c2ccc(F)cc2)C1=O. The fourth-order valence-electron chi connectivity index (χ4n) is 2.88. The van der Waals surface area contributed by atoms with Crippen molar-refractivity contribution in [1.82, 2.24) is 20.4 Å². The minimum absolute atomic E-state index is 0.0558. The molecule has 32 heavy (non-hydrogen) atoms. The zero-order valence-corrected chi connectivity index (χ0v) is 18.2. The molecule has 0 unspecified atom stereocenters. The summed E-state index contributed by atoms with van der Waals surface area (Å²) in [5, 5.41) is 8.08. The summed E-state index contributed by atoms with van der Waals surface area (Å²) in [5.74, 6) is -0.225. The van der Waals surface area contributed by atoms with E-state index in [9.17, 15) is 18.8 Å². The molecule has 1 N–H and O–H groups in total. The second-order valence-corrected chi connectivity index (χ2v) is 8.66. The maximum Gasteiger partial charge on any atom is 0.293 e. The van der Waals surface area contributed by atoms with Gasteiger partial charge in [0, 0.05) is 25.9 Å². The number of aromatic nitrogens is 2. The summed E-state index contributed by atoms with van der Waals surface area (Å²) >= 11 is 2.31. The molecule has 1 aliphatic heterocycles. The number of halogens is 1. The van der Waals surface area contributed by atoms with Crippen LogP contribution in [0.2, 0.25) is 0 Å². The number of imide groups is 1. The van der Waals surface area contributed by atoms with Crippen molar-refractivity contribution >= 4 is 46.2 Å². The predicted octanol–water partition coefficient (Wildman–Crippen LogP) is 3.72. The third kappa shape index (κ3) is 5.29. The van der Waals surface area contributed by atoms with Crippen LogP contribution in [0.1, 0.15) is 17.9 Å². The van der Waals surface area contributed by atoms with Crippen molar-refractivity contribution in [2.75, 3.05) is 13.1 Å². The lowest BCUT2D eigenvalue weighted by Gasteiger charge is -2.12. The number of rotatable bonds is 8. The third-order valence-corrected chi connectivity index (χ3v) is 6.25. The van der Waals surface area contributed by atoms with E-state index in [2.05, 4.69) is 15.5 Å². The molecule has 1 aliphatic rings. The van der Waals surface area contributed by atoms with E-state index >= 15 is 0 Å². The van der Waals surface area contributed by atoms with Crippen LogP contribution >= 0.6 is 23.1 Å². The van der Waals surface area contributed by atoms with E-state index in [1.807, 2.05) is 17.5 Å². The summed E-state index contributed by atoms with van der Waals surface area (Å²) in [6.07, 6.45) is 1.96. The first kappa shape index (κ1) is 21.9. The molecule has 8 nitrogen and oxygen atoms in total. The van der Waals surface area contributed by atoms with Crippen molar-refractivity contribution in [2.45, 2.75) is 12.8 Å². The molecule has 3 amide bonds. The van der Waals surface area contributed by atoms with Crippen molar-refractivity contribution in [3.8, 4) is 10.7 Å². The zero-order chi connectivity index (χ0) is 22.5. The lowest BCUT2D eigenvalue weighted by Crippen LogP contribution is -2.37. The molecule has 0 saturated carbocycles. The van der Waals surface area contributed by atoms with E-state index in [0.717, 1.165) is 21.5 Å². The Morgan fingerprint density at radius 3 is 2.78 bits per heavy atom. The molecule has 0 spiro atoms. The predicted molar refractivity (Wildman–Crippen MR) is 118 cm³/mol. The Morgan fingerprint density at radius 1 is 1.22 bits per heavy atom. The highest BCUT2D eigenvalue weighted by molar-refractivity contribution is 8.18. The van der Waals surface area contributed by atoms with Crippen LogP contribution in [0.25, 0.3) is 16.8 Å². The molecule has 0 radical (unpaired) electrons. The van der Waals surface area contributed by atoms with E-state index in [1.54, 1.807) is 0 Å². The number of carbonyl (C=O) groups excluding carboxylic acids is 3. The molecule has 1 saturated heterocycles. The second kappa shape index (κ2) is 9.88. The zero-order valence-electron chi connectivity index (χ0n) is 16.6. The Balaban J connectivity index is 1.23. The molecular weight excluding hydrogens is 455 g/mol. The molecule has 3 aromatic rings. The first-order valence-electron chi connectivity index (χ1n) is 9.64. The molecule has 164 valence electrons. The molecular formula is C21H17FN4O4S2. The van der Waals surface area contributed by atoms with Gasteiger partial charge in [0.05, 0.1) is 9.78 Å². The molecule has 0 aliphatic carbocycles. The van der Waals surface area contributed by atoms with Gasteiger partial charge < -0.3 is 9.84 Å². The van der Waals surface area contributed by atoms with Gasteiger partial charge in [0.15, 0.2) is 0 Å². The molecule has 1 aromatic carbocycles. The van der Waals surface area contributed by atoms with Gasteiger partial charge in [0.2, 0.25) is 17.6 Å². The number of thioether (sulfide) groups is 1. The first-order valence-corrected chi connectivity index (χ1v) is 11.3. The summed E-state index contributed by atoms with van der Waals surface area (Å²) in [6.45, 7) is 0.186. The highest BCUT2D eigenvalue weighted by atomic mass is 32.2. The second-order valence-electron chi connectivity index (χ2n) is 6.72. The van der Waals surface area contributed by atoms with Crippen LogP contribution in [0.5, 0.6) is 0 Å². The molecule has 2 aromatic heterocycles. The Hall–Kier alpha value is -3.31. The number of hydrogen-bond donors (Lipinski definition) is 1. The van der Waals surface area contributed by atoms with Gasteiger partial charge in [0.1, 0.15) is 5.82 Å². The van der Waals surface area contributed by atoms with E-state index < -0.39 is 11.1 Å². The third-order valence-electron chi connectivity index (χ3n) is 4.47. The summed E-state index contributed by atoms with van der Waals surface area (Å²) in [4.78, 5) is 43.2. The van der Waals surface area contributed by atoms with Crippen LogP contribution in [0.4, 0.5) is 9.18 Å². The van der Waals surface area contributed by atoms with E-state index in [0.29, 0.717) is 17.3 Å².